The quantitative estimate of drug-likeness (QED) is 0.446. The molecule has 1 saturated heterocycles. The number of nitrogens with one attached hydrogen (secondary N) is 2. The van der Waals surface area contributed by atoms with Gasteiger partial charge in [-0.15, -0.1) is 0 Å². The minimum absolute atomic E-state index is 0.335. The van der Waals surface area contributed by atoms with Gasteiger partial charge in [-0.1, -0.05) is 11.6 Å². The highest BCUT2D eigenvalue weighted by Crippen LogP contribution is 2.33. The molecule has 1 atom stereocenters. The Bertz CT molecular complexity index is 553. The third-order valence-corrected chi connectivity index (χ3v) is 4.29. The lowest BCUT2D eigenvalue weighted by Crippen LogP contribution is -2.45. The van der Waals surface area contributed by atoms with E-state index >= 15 is 0 Å². The number of halogens is 1. The predicted molar refractivity (Wildman–Crippen MR) is 99.6 cm³/mol. The van der Waals surface area contributed by atoms with E-state index in [1.54, 1.807) is 21.3 Å². The van der Waals surface area contributed by atoms with Crippen LogP contribution in [0.15, 0.2) is 23.2 Å². The zero-order valence-corrected chi connectivity index (χ0v) is 15.4. The lowest BCUT2D eigenvalue weighted by molar-refractivity contribution is 0.195. The van der Waals surface area contributed by atoms with Crippen molar-refractivity contribution in [2.45, 2.75) is 18.9 Å². The van der Waals surface area contributed by atoms with E-state index in [9.17, 15) is 0 Å². The molecule has 1 aromatic carbocycles. The highest BCUT2D eigenvalue weighted by molar-refractivity contribution is 6.30. The highest BCUT2D eigenvalue weighted by Gasteiger charge is 2.25. The summed E-state index contributed by atoms with van der Waals surface area (Å²) in [5.74, 6) is 1.68. The average Bonchev–Trinajstić information content (AvgIpc) is 3.06. The number of rotatable bonds is 7. The van der Waals surface area contributed by atoms with Gasteiger partial charge in [0.2, 0.25) is 0 Å². The van der Waals surface area contributed by atoms with Crippen LogP contribution < -0.4 is 20.3 Å². The van der Waals surface area contributed by atoms with Crippen molar-refractivity contribution >= 4 is 23.2 Å². The highest BCUT2D eigenvalue weighted by atomic mass is 35.5. The van der Waals surface area contributed by atoms with Crippen molar-refractivity contribution in [2.24, 2.45) is 4.99 Å². The molecule has 6 nitrogen and oxygen atoms in total. The van der Waals surface area contributed by atoms with E-state index in [-0.39, 0.29) is 0 Å². The summed E-state index contributed by atoms with van der Waals surface area (Å²) in [7, 11) is 5.19. The average molecular weight is 355 g/mol. The molecule has 1 fully saturated rings. The van der Waals surface area contributed by atoms with Gasteiger partial charge in [-0.2, -0.15) is 0 Å². The number of aliphatic imine (C=N–C) groups is 1. The Hall–Kier alpha value is -1.66. The van der Waals surface area contributed by atoms with Crippen LogP contribution in [0.3, 0.4) is 0 Å². The van der Waals surface area contributed by atoms with Crippen molar-refractivity contribution in [1.82, 2.24) is 10.6 Å². The number of anilines is 1. The van der Waals surface area contributed by atoms with Crippen molar-refractivity contribution in [1.29, 1.82) is 0 Å². The van der Waals surface area contributed by atoms with Crippen LogP contribution in [0, 0.1) is 0 Å². The molecule has 0 saturated carbocycles. The Morgan fingerprint density at radius 1 is 1.42 bits per heavy atom. The Labute approximate surface area is 149 Å². The monoisotopic (exact) mass is 354 g/mol. The van der Waals surface area contributed by atoms with Crippen LogP contribution in [-0.2, 0) is 4.74 Å². The molecule has 134 valence electrons. The fourth-order valence-corrected chi connectivity index (χ4v) is 2.98. The number of hydrogen-bond donors (Lipinski definition) is 2. The summed E-state index contributed by atoms with van der Waals surface area (Å²) in [5.41, 5.74) is 1.04. The van der Waals surface area contributed by atoms with E-state index in [2.05, 4.69) is 20.5 Å². The lowest BCUT2D eigenvalue weighted by atomic mass is 10.2. The third kappa shape index (κ3) is 5.18. The summed E-state index contributed by atoms with van der Waals surface area (Å²) in [4.78, 5) is 6.58. The standard InChI is InChI=1S/C17H27ClN4O2/c1-19-17(20-8-4-10-23-2)21-14-7-9-22(12-14)15-11-13(18)5-6-16(15)24-3/h5-6,11,14H,4,7-10,12H2,1-3H3,(H2,19,20,21). The molecule has 1 aliphatic rings. The molecule has 0 bridgehead atoms. The van der Waals surface area contributed by atoms with E-state index in [1.165, 1.54) is 0 Å². The summed E-state index contributed by atoms with van der Waals surface area (Å²) in [6.07, 6.45) is 1.99. The minimum Gasteiger partial charge on any atom is -0.495 e. The predicted octanol–water partition coefficient (Wildman–Crippen LogP) is 2.13. The number of nitrogens with zero attached hydrogens (tertiary/aromatic N) is 2. The summed E-state index contributed by atoms with van der Waals surface area (Å²) < 4.78 is 10.5. The van der Waals surface area contributed by atoms with E-state index in [0.29, 0.717) is 6.04 Å². The third-order valence-electron chi connectivity index (χ3n) is 4.05. The first-order valence-electron chi connectivity index (χ1n) is 8.22. The maximum atomic E-state index is 6.14. The second-order valence-electron chi connectivity index (χ2n) is 5.74. The molecule has 1 aromatic rings. The van der Waals surface area contributed by atoms with Crippen LogP contribution in [0.25, 0.3) is 0 Å². The van der Waals surface area contributed by atoms with Gasteiger partial charge in [-0.3, -0.25) is 4.99 Å². The molecular weight excluding hydrogens is 328 g/mol. The summed E-state index contributed by atoms with van der Waals surface area (Å²) in [6, 6.07) is 6.05. The van der Waals surface area contributed by atoms with Crippen LogP contribution in [0.4, 0.5) is 5.69 Å². The minimum atomic E-state index is 0.335. The van der Waals surface area contributed by atoms with E-state index in [0.717, 1.165) is 61.5 Å². The molecule has 1 heterocycles. The van der Waals surface area contributed by atoms with Gasteiger partial charge in [-0.25, -0.2) is 0 Å². The molecule has 1 aliphatic heterocycles. The summed E-state index contributed by atoms with van der Waals surface area (Å²) in [5, 5.41) is 7.51. The van der Waals surface area contributed by atoms with Crippen molar-refractivity contribution in [2.75, 3.05) is 52.4 Å². The zero-order chi connectivity index (χ0) is 17.4. The van der Waals surface area contributed by atoms with Crippen molar-refractivity contribution in [3.63, 3.8) is 0 Å². The van der Waals surface area contributed by atoms with E-state index in [1.807, 2.05) is 18.2 Å². The molecule has 0 aliphatic carbocycles. The Balaban J connectivity index is 1.89. The lowest BCUT2D eigenvalue weighted by Gasteiger charge is -2.22. The van der Waals surface area contributed by atoms with E-state index in [4.69, 9.17) is 21.1 Å². The van der Waals surface area contributed by atoms with Crippen LogP contribution in [0.1, 0.15) is 12.8 Å². The van der Waals surface area contributed by atoms with Crippen molar-refractivity contribution in [3.05, 3.63) is 23.2 Å². The second kappa shape index (κ2) is 9.59. The summed E-state index contributed by atoms with van der Waals surface area (Å²) >= 11 is 6.14. The van der Waals surface area contributed by atoms with Gasteiger partial charge in [0.25, 0.3) is 0 Å². The topological polar surface area (TPSA) is 58.1 Å². The first-order chi connectivity index (χ1) is 11.7. The Morgan fingerprint density at radius 2 is 2.25 bits per heavy atom. The van der Waals surface area contributed by atoms with Crippen LogP contribution in [0.5, 0.6) is 5.75 Å². The van der Waals surface area contributed by atoms with Crippen LogP contribution >= 0.6 is 11.6 Å². The fraction of sp³-hybridized carbons (Fsp3) is 0.588. The number of methoxy groups -OCH3 is 2. The van der Waals surface area contributed by atoms with Crippen molar-refractivity contribution < 1.29 is 9.47 Å². The molecule has 0 aromatic heterocycles. The molecular formula is C17H27ClN4O2. The molecule has 2 rings (SSSR count). The Kier molecular flexibility index (Phi) is 7.46. The molecule has 0 spiro atoms. The maximum Gasteiger partial charge on any atom is 0.191 e. The first-order valence-corrected chi connectivity index (χ1v) is 8.60. The molecule has 7 heteroatoms. The van der Waals surface area contributed by atoms with Gasteiger partial charge in [0.05, 0.1) is 12.8 Å². The van der Waals surface area contributed by atoms with Gasteiger partial charge < -0.3 is 25.0 Å². The van der Waals surface area contributed by atoms with Crippen LogP contribution in [0.2, 0.25) is 5.02 Å². The molecule has 0 radical (unpaired) electrons. The fourth-order valence-electron chi connectivity index (χ4n) is 2.82. The van der Waals surface area contributed by atoms with Crippen molar-refractivity contribution in [3.8, 4) is 5.75 Å². The van der Waals surface area contributed by atoms with Crippen LogP contribution in [-0.4, -0.2) is 59.5 Å². The molecule has 1 unspecified atom stereocenters. The SMILES string of the molecule is CN=C(NCCCOC)NC1CCN(c2cc(Cl)ccc2OC)C1. The van der Waals surface area contributed by atoms with E-state index < -0.39 is 0 Å². The Morgan fingerprint density at radius 3 is 2.96 bits per heavy atom. The number of benzene rings is 1. The largest absolute Gasteiger partial charge is 0.495 e. The smallest absolute Gasteiger partial charge is 0.191 e. The summed E-state index contributed by atoms with van der Waals surface area (Å²) in [6.45, 7) is 3.42. The molecule has 24 heavy (non-hydrogen) atoms. The van der Waals surface area contributed by atoms with Gasteiger partial charge in [0, 0.05) is 51.5 Å². The molecule has 2 N–H and O–H groups in total. The zero-order valence-electron chi connectivity index (χ0n) is 14.6. The molecule has 0 amide bonds. The number of hydrogen-bond acceptors (Lipinski definition) is 4. The number of ether oxygens (including phenoxy) is 2. The second-order valence-corrected chi connectivity index (χ2v) is 6.17. The maximum absolute atomic E-state index is 6.14. The van der Waals surface area contributed by atoms with Gasteiger partial charge in [-0.05, 0) is 31.0 Å². The normalized spacial score (nSPS) is 17.9. The van der Waals surface area contributed by atoms with Gasteiger partial charge >= 0.3 is 0 Å². The van der Waals surface area contributed by atoms with Gasteiger partial charge in [0.1, 0.15) is 5.75 Å². The number of guanidine groups is 1. The van der Waals surface area contributed by atoms with Gasteiger partial charge in [0.15, 0.2) is 5.96 Å². The first kappa shape index (κ1) is 18.7.